The summed E-state index contributed by atoms with van der Waals surface area (Å²) in [7, 11) is -3.48. The highest BCUT2D eigenvalue weighted by atomic mass is 32.2. The van der Waals surface area contributed by atoms with Crippen molar-refractivity contribution in [2.24, 2.45) is 0 Å². The number of hydrogen-bond acceptors (Lipinski definition) is 3. The standard InChI is InChI=1S/C19H18O3S/c1-23(21,22)19-17-9-8-14-13-5-3-2-4-12(13)6-7-15(14)16(17)10-11-18(19)20/h4,6-7,9-11,20H,2-3,5,8H2,1H3. The minimum absolute atomic E-state index is 0.0462. The van der Waals surface area contributed by atoms with Gasteiger partial charge in [-0.1, -0.05) is 30.4 Å². The summed E-state index contributed by atoms with van der Waals surface area (Å²) in [6, 6.07) is 7.54. The van der Waals surface area contributed by atoms with Crippen molar-refractivity contribution in [2.45, 2.75) is 30.6 Å². The Morgan fingerprint density at radius 1 is 1.00 bits per heavy atom. The van der Waals surface area contributed by atoms with Crippen LogP contribution in [0.15, 0.2) is 29.2 Å². The van der Waals surface area contributed by atoms with Gasteiger partial charge in [-0.3, -0.25) is 0 Å². The topological polar surface area (TPSA) is 54.4 Å². The molecular formula is C19H18O3S. The molecule has 0 heterocycles. The molecule has 1 N–H and O–H groups in total. The summed E-state index contributed by atoms with van der Waals surface area (Å²) in [5, 5.41) is 14.0. The molecule has 0 atom stereocenters. The molecule has 2 aliphatic rings. The molecule has 0 aliphatic heterocycles. The first kappa shape index (κ1) is 14.5. The average molecular weight is 326 g/mol. The Morgan fingerprint density at radius 2 is 1.78 bits per heavy atom. The molecule has 0 saturated heterocycles. The van der Waals surface area contributed by atoms with E-state index in [1.807, 2.05) is 12.1 Å². The van der Waals surface area contributed by atoms with Crippen LogP contribution in [0.1, 0.15) is 24.0 Å². The Labute approximate surface area is 134 Å². The summed E-state index contributed by atoms with van der Waals surface area (Å²) >= 11 is 0. The molecule has 4 heteroatoms. The second kappa shape index (κ2) is 4.96. The first-order valence-corrected chi connectivity index (χ1v) is 9.73. The van der Waals surface area contributed by atoms with E-state index in [0.717, 1.165) is 29.5 Å². The highest BCUT2D eigenvalue weighted by Crippen LogP contribution is 2.22. The van der Waals surface area contributed by atoms with Gasteiger partial charge in [0, 0.05) is 11.5 Å². The third kappa shape index (κ3) is 2.20. The van der Waals surface area contributed by atoms with Crippen LogP contribution in [-0.2, 0) is 22.7 Å². The lowest BCUT2D eigenvalue weighted by Crippen LogP contribution is -2.22. The normalized spacial score (nSPS) is 15.7. The first-order chi connectivity index (χ1) is 11.0. The van der Waals surface area contributed by atoms with Crippen molar-refractivity contribution in [3.8, 4) is 5.75 Å². The molecule has 3 nitrogen and oxygen atoms in total. The Hall–Kier alpha value is -2.07. The molecule has 118 valence electrons. The predicted octanol–water partition coefficient (Wildman–Crippen LogP) is 1.54. The summed E-state index contributed by atoms with van der Waals surface area (Å²) in [6.45, 7) is 0. The number of phenolic OH excluding ortho intramolecular Hbond substituents is 1. The second-order valence-corrected chi connectivity index (χ2v) is 8.26. The van der Waals surface area contributed by atoms with E-state index in [9.17, 15) is 13.5 Å². The van der Waals surface area contributed by atoms with E-state index in [1.165, 1.54) is 28.8 Å². The molecule has 0 unspecified atom stereocenters. The van der Waals surface area contributed by atoms with Crippen LogP contribution in [0.4, 0.5) is 0 Å². The Balaban J connectivity index is 2.24. The van der Waals surface area contributed by atoms with Gasteiger partial charge < -0.3 is 5.11 Å². The zero-order valence-electron chi connectivity index (χ0n) is 13.0. The maximum absolute atomic E-state index is 12.1. The largest absolute Gasteiger partial charge is 0.507 e. The van der Waals surface area contributed by atoms with Crippen molar-refractivity contribution >= 4 is 22.0 Å². The first-order valence-electron chi connectivity index (χ1n) is 7.84. The fourth-order valence-electron chi connectivity index (χ4n) is 3.84. The third-order valence-corrected chi connectivity index (χ3v) is 5.98. The van der Waals surface area contributed by atoms with E-state index < -0.39 is 9.84 Å². The number of hydrogen-bond donors (Lipinski definition) is 1. The molecule has 0 fully saturated rings. The average Bonchev–Trinajstić information content (AvgIpc) is 2.52. The van der Waals surface area contributed by atoms with Gasteiger partial charge in [-0.25, -0.2) is 8.42 Å². The van der Waals surface area contributed by atoms with E-state index in [0.29, 0.717) is 11.6 Å². The van der Waals surface area contributed by atoms with Crippen LogP contribution in [0.5, 0.6) is 5.75 Å². The SMILES string of the molecule is CS(=O)(=O)c1c(O)ccc2c1=CCc1c3c(ccc1=2)=CCCC3. The van der Waals surface area contributed by atoms with Crippen LogP contribution < -0.4 is 10.4 Å². The molecule has 0 aromatic heterocycles. The van der Waals surface area contributed by atoms with Crippen molar-refractivity contribution in [3.05, 3.63) is 56.3 Å². The minimum Gasteiger partial charge on any atom is -0.507 e. The molecule has 0 spiro atoms. The monoisotopic (exact) mass is 326 g/mol. The van der Waals surface area contributed by atoms with Crippen LogP contribution >= 0.6 is 0 Å². The number of sulfone groups is 1. The van der Waals surface area contributed by atoms with Crippen LogP contribution in [-0.4, -0.2) is 19.8 Å². The van der Waals surface area contributed by atoms with E-state index in [1.54, 1.807) is 0 Å². The zero-order valence-corrected chi connectivity index (χ0v) is 13.8. The van der Waals surface area contributed by atoms with E-state index in [-0.39, 0.29) is 10.6 Å². The smallest absolute Gasteiger partial charge is 0.179 e. The van der Waals surface area contributed by atoms with Crippen molar-refractivity contribution in [3.63, 3.8) is 0 Å². The molecule has 0 bridgehead atoms. The predicted molar refractivity (Wildman–Crippen MR) is 90.2 cm³/mol. The van der Waals surface area contributed by atoms with Crippen molar-refractivity contribution in [2.75, 3.05) is 6.26 Å². The summed E-state index contributed by atoms with van der Waals surface area (Å²) < 4.78 is 24.2. The Bertz CT molecular complexity index is 1140. The lowest BCUT2D eigenvalue weighted by Gasteiger charge is -2.17. The van der Waals surface area contributed by atoms with Gasteiger partial charge in [0.05, 0.1) is 0 Å². The molecule has 2 aromatic carbocycles. The highest BCUT2D eigenvalue weighted by molar-refractivity contribution is 7.90. The number of aromatic hydroxyl groups is 1. The maximum atomic E-state index is 12.1. The number of fused-ring (bicyclic) bond motifs is 4. The van der Waals surface area contributed by atoms with Crippen molar-refractivity contribution in [1.29, 1.82) is 0 Å². The van der Waals surface area contributed by atoms with Crippen molar-refractivity contribution < 1.29 is 13.5 Å². The summed E-state index contributed by atoms with van der Waals surface area (Å²) in [6.07, 6.45) is 9.46. The van der Waals surface area contributed by atoms with Gasteiger partial charge in [-0.2, -0.15) is 0 Å². The van der Waals surface area contributed by atoms with Crippen LogP contribution in [0.2, 0.25) is 0 Å². The number of rotatable bonds is 1. The molecule has 23 heavy (non-hydrogen) atoms. The fourth-order valence-corrected chi connectivity index (χ4v) is 4.88. The van der Waals surface area contributed by atoms with Gasteiger partial charge in [0.1, 0.15) is 10.6 Å². The van der Waals surface area contributed by atoms with Gasteiger partial charge in [-0.05, 0) is 58.5 Å². The molecule has 0 amide bonds. The van der Waals surface area contributed by atoms with Gasteiger partial charge in [0.15, 0.2) is 9.84 Å². The fraction of sp³-hybridized carbons (Fsp3) is 0.263. The molecule has 0 radical (unpaired) electrons. The van der Waals surface area contributed by atoms with E-state index in [4.69, 9.17) is 0 Å². The molecular weight excluding hydrogens is 308 g/mol. The molecule has 4 rings (SSSR count). The zero-order chi connectivity index (χ0) is 16.2. The van der Waals surface area contributed by atoms with Crippen LogP contribution in [0, 0.1) is 10.4 Å². The number of benzene rings is 2. The van der Waals surface area contributed by atoms with Crippen LogP contribution in [0.3, 0.4) is 0 Å². The van der Waals surface area contributed by atoms with Gasteiger partial charge >= 0.3 is 0 Å². The van der Waals surface area contributed by atoms with Gasteiger partial charge in [0.25, 0.3) is 0 Å². The summed E-state index contributed by atoms with van der Waals surface area (Å²) in [4.78, 5) is 0.0462. The highest BCUT2D eigenvalue weighted by Gasteiger charge is 2.18. The van der Waals surface area contributed by atoms with Gasteiger partial charge in [-0.15, -0.1) is 0 Å². The lowest BCUT2D eigenvalue weighted by atomic mass is 9.89. The maximum Gasteiger partial charge on any atom is 0.179 e. The van der Waals surface area contributed by atoms with Crippen LogP contribution in [0.25, 0.3) is 12.2 Å². The Kier molecular flexibility index (Phi) is 3.13. The Morgan fingerprint density at radius 3 is 2.57 bits per heavy atom. The molecule has 2 aromatic rings. The quantitative estimate of drug-likeness (QED) is 0.865. The van der Waals surface area contributed by atoms with Crippen molar-refractivity contribution in [1.82, 2.24) is 0 Å². The second-order valence-electron chi connectivity index (χ2n) is 6.31. The minimum atomic E-state index is -3.48. The third-order valence-electron chi connectivity index (χ3n) is 4.81. The summed E-state index contributed by atoms with van der Waals surface area (Å²) in [5.74, 6) is -0.169. The van der Waals surface area contributed by atoms with E-state index >= 15 is 0 Å². The van der Waals surface area contributed by atoms with E-state index in [2.05, 4.69) is 18.2 Å². The van der Waals surface area contributed by atoms with Gasteiger partial charge in [0.2, 0.25) is 0 Å². The molecule has 0 saturated carbocycles. The summed E-state index contributed by atoms with van der Waals surface area (Å²) in [5.41, 5.74) is 2.70. The number of phenols is 1. The lowest BCUT2D eigenvalue weighted by molar-refractivity contribution is 0.457. The molecule has 2 aliphatic carbocycles.